The molecule has 17 rings (SSSR count). The van der Waals surface area contributed by atoms with E-state index >= 15 is 0 Å². The van der Waals surface area contributed by atoms with Gasteiger partial charge in [-0.05, 0) is 271 Å². The van der Waals surface area contributed by atoms with Gasteiger partial charge in [0.05, 0.1) is 16.7 Å². The van der Waals surface area contributed by atoms with Gasteiger partial charge in [-0.15, -0.1) is 0 Å². The summed E-state index contributed by atoms with van der Waals surface area (Å²) in [6, 6.07) is 108. The maximum atomic E-state index is 2.72. The Hall–Kier alpha value is -11.5. The van der Waals surface area contributed by atoms with Crippen LogP contribution in [0.3, 0.4) is 0 Å². The van der Waals surface area contributed by atoms with Gasteiger partial charge in [-0.2, -0.15) is 0 Å². The first-order valence-corrected chi connectivity index (χ1v) is 38.4. The standard InChI is InChI=1S/C102H92BN3/c1-61(2)80-37-24-38-81(62(3)4)99(80)74-45-52-90-86(55-74)87-56-75(100-82(63(5)6)39-25-40-83(100)64(7)8)46-53-91(87)105(90)79-50-51-88-93(60-79)106(102-84(71-33-17-15-18-34-71)41-26-42-85(102)72-35-19-16-20-36-72)95-59-77(98-69(13)31-23-32-70(98)14)58-94-101(95)103(88)89-57-76(97-67(11)29-22-30-68(97)12)47-54-92(89)104(94)78-48-43-73(44-49-78)96-65(9)27-21-28-66(96)10/h15-64H,1-14H3. The Morgan fingerprint density at radius 1 is 0.255 bits per heavy atom. The molecule has 518 valence electrons. The zero-order chi connectivity index (χ0) is 73.1. The highest BCUT2D eigenvalue weighted by Crippen LogP contribution is 2.53. The van der Waals surface area contributed by atoms with Crippen molar-refractivity contribution in [3.8, 4) is 83.6 Å². The lowest BCUT2D eigenvalue weighted by Crippen LogP contribution is -2.61. The SMILES string of the molecule is Cc1cccc(C)c1-c1ccc(N2c3ccc(-c4c(C)cccc4C)cc3B3c4ccc(-n5c6ccc(-c7c(C(C)C)cccc7C(C)C)cc6c6cc(-c7c(C(C)C)cccc7C(C)C)ccc65)cc4N(c4c(-c5ccccc5)cccc4-c4ccccc4)c4cc(-c5c(C)cccc5C)cc2c43)cc1. The molecule has 14 aromatic carbocycles. The summed E-state index contributed by atoms with van der Waals surface area (Å²) in [6.07, 6.45) is 0. The van der Waals surface area contributed by atoms with Gasteiger partial charge in [0.25, 0.3) is 6.71 Å². The summed E-state index contributed by atoms with van der Waals surface area (Å²) < 4.78 is 2.60. The number of anilines is 6. The van der Waals surface area contributed by atoms with Crippen molar-refractivity contribution in [3.05, 3.63) is 335 Å². The maximum absolute atomic E-state index is 2.72. The van der Waals surface area contributed by atoms with Gasteiger partial charge in [0.15, 0.2) is 0 Å². The summed E-state index contributed by atoms with van der Waals surface area (Å²) >= 11 is 0. The lowest BCUT2D eigenvalue weighted by molar-refractivity contribution is 0.838. The second-order valence-corrected chi connectivity index (χ2v) is 31.4. The molecule has 0 bridgehead atoms. The van der Waals surface area contributed by atoms with Gasteiger partial charge in [-0.25, -0.2) is 0 Å². The fourth-order valence-corrected chi connectivity index (χ4v) is 18.4. The van der Waals surface area contributed by atoms with E-state index in [-0.39, 0.29) is 6.71 Å². The molecule has 0 spiro atoms. The van der Waals surface area contributed by atoms with Crippen LogP contribution in [0.15, 0.2) is 279 Å². The molecule has 106 heavy (non-hydrogen) atoms. The van der Waals surface area contributed by atoms with Gasteiger partial charge in [0, 0.05) is 56.0 Å². The Bertz CT molecular complexity index is 5690. The van der Waals surface area contributed by atoms with Crippen LogP contribution in [0.4, 0.5) is 34.1 Å². The van der Waals surface area contributed by atoms with Crippen LogP contribution in [-0.2, 0) is 0 Å². The lowest BCUT2D eigenvalue weighted by atomic mass is 9.33. The molecule has 0 unspecified atom stereocenters. The molecule has 0 atom stereocenters. The summed E-state index contributed by atoms with van der Waals surface area (Å²) in [7, 11) is 0. The molecule has 2 aliphatic heterocycles. The molecule has 2 aliphatic rings. The highest BCUT2D eigenvalue weighted by Gasteiger charge is 2.45. The highest BCUT2D eigenvalue weighted by molar-refractivity contribution is 7.00. The summed E-state index contributed by atoms with van der Waals surface area (Å²) in [5, 5.41) is 2.48. The molecule has 0 saturated carbocycles. The van der Waals surface area contributed by atoms with Gasteiger partial charge >= 0.3 is 0 Å². The van der Waals surface area contributed by atoms with E-state index in [0.717, 1.165) is 50.7 Å². The molecule has 0 N–H and O–H groups in total. The fourth-order valence-electron chi connectivity index (χ4n) is 18.4. The van der Waals surface area contributed by atoms with Crippen molar-refractivity contribution in [3.63, 3.8) is 0 Å². The van der Waals surface area contributed by atoms with Gasteiger partial charge in [-0.3, -0.25) is 0 Å². The summed E-state index contributed by atoms with van der Waals surface area (Å²) in [6.45, 7) is 32.2. The minimum absolute atomic E-state index is 0.207. The van der Waals surface area contributed by atoms with E-state index in [1.807, 2.05) is 0 Å². The predicted octanol–water partition coefficient (Wildman–Crippen LogP) is 26.9. The lowest BCUT2D eigenvalue weighted by Gasteiger charge is -2.45. The Morgan fingerprint density at radius 3 is 1.10 bits per heavy atom. The monoisotopic (exact) mass is 1370 g/mol. The van der Waals surface area contributed by atoms with E-state index < -0.39 is 0 Å². The van der Waals surface area contributed by atoms with Crippen LogP contribution in [-0.4, -0.2) is 11.3 Å². The molecular weight excluding hydrogens is 1280 g/mol. The second kappa shape index (κ2) is 26.9. The van der Waals surface area contributed by atoms with E-state index in [2.05, 4.69) is 390 Å². The highest BCUT2D eigenvalue weighted by atomic mass is 15.2. The predicted molar refractivity (Wildman–Crippen MR) is 458 cm³/mol. The Balaban J connectivity index is 1.01. The van der Waals surface area contributed by atoms with Crippen molar-refractivity contribution in [2.24, 2.45) is 0 Å². The number of benzene rings is 14. The number of para-hydroxylation sites is 1. The molecule has 15 aromatic rings. The number of aromatic nitrogens is 1. The van der Waals surface area contributed by atoms with E-state index in [4.69, 9.17) is 0 Å². The van der Waals surface area contributed by atoms with Crippen molar-refractivity contribution in [2.45, 2.75) is 121 Å². The molecule has 0 saturated heterocycles. The third kappa shape index (κ3) is 11.3. The third-order valence-electron chi connectivity index (χ3n) is 23.3. The van der Waals surface area contributed by atoms with Crippen molar-refractivity contribution in [1.29, 1.82) is 0 Å². The van der Waals surface area contributed by atoms with Crippen molar-refractivity contribution < 1.29 is 0 Å². The van der Waals surface area contributed by atoms with Crippen LogP contribution in [0, 0.1) is 41.5 Å². The van der Waals surface area contributed by atoms with Crippen molar-refractivity contribution >= 4 is 79.0 Å². The Morgan fingerprint density at radius 2 is 0.642 bits per heavy atom. The molecule has 3 heterocycles. The van der Waals surface area contributed by atoms with Gasteiger partial charge in [-0.1, -0.05) is 268 Å². The first-order valence-electron chi connectivity index (χ1n) is 38.4. The zero-order valence-electron chi connectivity index (χ0n) is 63.8. The molecule has 0 radical (unpaired) electrons. The topological polar surface area (TPSA) is 11.4 Å². The average Bonchev–Trinajstić information content (AvgIpc) is 0.709. The molecule has 3 nitrogen and oxygen atoms in total. The fraction of sp³-hybridized carbons (Fsp3) is 0.176. The van der Waals surface area contributed by atoms with E-state index in [1.54, 1.807) is 0 Å². The number of hydrogen-bond donors (Lipinski definition) is 0. The van der Waals surface area contributed by atoms with Gasteiger partial charge in [0.1, 0.15) is 0 Å². The first-order chi connectivity index (χ1) is 51.4. The van der Waals surface area contributed by atoms with Gasteiger partial charge < -0.3 is 14.4 Å². The minimum Gasteiger partial charge on any atom is -0.311 e. The second-order valence-electron chi connectivity index (χ2n) is 31.4. The number of hydrogen-bond acceptors (Lipinski definition) is 2. The number of rotatable bonds is 14. The molecule has 1 aromatic heterocycles. The third-order valence-corrected chi connectivity index (χ3v) is 23.3. The first kappa shape index (κ1) is 67.7. The minimum atomic E-state index is -0.207. The Kier molecular flexibility index (Phi) is 17.2. The molecule has 0 fully saturated rings. The number of fused-ring (bicyclic) bond motifs is 7. The van der Waals surface area contributed by atoms with Crippen LogP contribution in [0.1, 0.15) is 135 Å². The molecule has 4 heteroatoms. The molecular formula is C102H92BN3. The van der Waals surface area contributed by atoms with Crippen LogP contribution >= 0.6 is 0 Å². The van der Waals surface area contributed by atoms with Crippen molar-refractivity contribution in [1.82, 2.24) is 4.57 Å². The normalized spacial score (nSPS) is 12.5. The van der Waals surface area contributed by atoms with E-state index in [0.29, 0.717) is 23.7 Å². The van der Waals surface area contributed by atoms with Crippen LogP contribution < -0.4 is 26.2 Å². The quantitative estimate of drug-likeness (QED) is 0.101. The average molecular weight is 1370 g/mol. The summed E-state index contributed by atoms with van der Waals surface area (Å²) in [5.41, 5.74) is 44.4. The summed E-state index contributed by atoms with van der Waals surface area (Å²) in [5.74, 6) is 1.34. The molecule has 0 aliphatic carbocycles. The van der Waals surface area contributed by atoms with E-state index in [9.17, 15) is 0 Å². The largest absolute Gasteiger partial charge is 0.311 e. The van der Waals surface area contributed by atoms with Crippen LogP contribution in [0.2, 0.25) is 0 Å². The van der Waals surface area contributed by atoms with E-state index in [1.165, 1.54) is 161 Å². The van der Waals surface area contributed by atoms with Gasteiger partial charge in [0.2, 0.25) is 0 Å². The smallest absolute Gasteiger partial charge is 0.252 e. The van der Waals surface area contributed by atoms with Crippen LogP contribution in [0.25, 0.3) is 105 Å². The van der Waals surface area contributed by atoms with Crippen molar-refractivity contribution in [2.75, 3.05) is 9.80 Å². The molecule has 0 amide bonds. The summed E-state index contributed by atoms with van der Waals surface area (Å²) in [4.78, 5) is 5.33. The van der Waals surface area contributed by atoms with Crippen LogP contribution in [0.5, 0.6) is 0 Å². The zero-order valence-corrected chi connectivity index (χ0v) is 63.8. The number of aryl methyl sites for hydroxylation is 6. The Labute approximate surface area is 628 Å². The number of nitrogens with zero attached hydrogens (tertiary/aromatic N) is 3. The maximum Gasteiger partial charge on any atom is 0.252 e.